The maximum Gasteiger partial charge on any atom is 0.264 e. The van der Waals surface area contributed by atoms with Gasteiger partial charge in [0.2, 0.25) is 5.54 Å². The Bertz CT molecular complexity index is 830. The summed E-state index contributed by atoms with van der Waals surface area (Å²) in [5.74, 6) is 0.389. The van der Waals surface area contributed by atoms with Crippen molar-refractivity contribution in [2.75, 3.05) is 14.2 Å². The summed E-state index contributed by atoms with van der Waals surface area (Å²) in [6.45, 7) is 0. The van der Waals surface area contributed by atoms with Crippen molar-refractivity contribution in [3.8, 4) is 11.5 Å². The van der Waals surface area contributed by atoms with E-state index < -0.39 is 11.4 Å². The Kier molecular flexibility index (Phi) is 4.49. The number of halogens is 2. The van der Waals surface area contributed by atoms with Crippen LogP contribution in [0, 0.1) is 0 Å². The molecule has 1 amide bonds. The molecule has 0 atom stereocenters. The van der Waals surface area contributed by atoms with Crippen LogP contribution < -0.4 is 20.5 Å². The number of hydrogen-bond acceptors (Lipinski definition) is 5. The van der Waals surface area contributed by atoms with Crippen molar-refractivity contribution < 1.29 is 14.3 Å². The first kappa shape index (κ1) is 17.4. The van der Waals surface area contributed by atoms with Crippen LogP contribution >= 0.6 is 23.2 Å². The van der Waals surface area contributed by atoms with Crippen molar-refractivity contribution in [2.24, 2.45) is 10.7 Å². The number of methoxy groups -OCH3 is 2. The standard InChI is InChI=1S/C17H15Cl2N3O3/c1-24-13-5-3-9(18)7-11(13)17(15(23)21-16(20)22-17)12-8-10(19)4-6-14(12)25-2/h3-8H,1-2H3,(H3,20,21,22,23). The number of guanidine groups is 1. The lowest BCUT2D eigenvalue weighted by atomic mass is 9.82. The number of carbonyl (C=O) groups excluding carboxylic acids is 1. The molecule has 3 N–H and O–H groups in total. The molecule has 0 bridgehead atoms. The zero-order chi connectivity index (χ0) is 18.2. The minimum Gasteiger partial charge on any atom is -0.496 e. The van der Waals surface area contributed by atoms with Crippen molar-refractivity contribution in [3.05, 3.63) is 57.6 Å². The highest BCUT2D eigenvalue weighted by Gasteiger charge is 2.50. The Labute approximate surface area is 154 Å². The lowest BCUT2D eigenvalue weighted by Gasteiger charge is -2.28. The molecule has 0 radical (unpaired) electrons. The monoisotopic (exact) mass is 379 g/mol. The van der Waals surface area contributed by atoms with Crippen LogP contribution in [0.3, 0.4) is 0 Å². The molecular weight excluding hydrogens is 365 g/mol. The van der Waals surface area contributed by atoms with Gasteiger partial charge in [-0.15, -0.1) is 0 Å². The maximum absolute atomic E-state index is 13.0. The van der Waals surface area contributed by atoms with Crippen molar-refractivity contribution >= 4 is 35.1 Å². The summed E-state index contributed by atoms with van der Waals surface area (Å²) >= 11 is 12.3. The topological polar surface area (TPSA) is 85.9 Å². The fourth-order valence-electron chi connectivity index (χ4n) is 2.90. The zero-order valence-corrected chi connectivity index (χ0v) is 15.0. The van der Waals surface area contributed by atoms with E-state index >= 15 is 0 Å². The summed E-state index contributed by atoms with van der Waals surface area (Å²) in [5.41, 5.74) is 5.14. The molecule has 0 saturated carbocycles. The molecule has 2 aromatic rings. The number of benzene rings is 2. The molecule has 0 fully saturated rings. The number of ether oxygens (including phenoxy) is 2. The van der Waals surface area contributed by atoms with Crippen LogP contribution in [0.25, 0.3) is 0 Å². The van der Waals surface area contributed by atoms with Crippen LogP contribution in [0.1, 0.15) is 11.1 Å². The Hall–Kier alpha value is -2.44. The van der Waals surface area contributed by atoms with Crippen LogP contribution in [0.4, 0.5) is 0 Å². The van der Waals surface area contributed by atoms with Crippen molar-refractivity contribution in [2.45, 2.75) is 5.54 Å². The second-order valence-corrected chi connectivity index (χ2v) is 6.22. The molecule has 0 saturated heterocycles. The van der Waals surface area contributed by atoms with Gasteiger partial charge in [-0.3, -0.25) is 10.1 Å². The molecule has 8 heteroatoms. The molecule has 3 rings (SSSR count). The minimum atomic E-state index is -1.53. The van der Waals surface area contributed by atoms with Crippen molar-refractivity contribution in [3.63, 3.8) is 0 Å². The SMILES string of the molecule is COc1ccc(Cl)cc1C1(c2cc(Cl)ccc2OC)N=C(N)NC1=O. The molecule has 0 spiro atoms. The van der Waals surface area contributed by atoms with Gasteiger partial charge in [-0.2, -0.15) is 0 Å². The van der Waals surface area contributed by atoms with Gasteiger partial charge in [0.1, 0.15) is 11.5 Å². The van der Waals surface area contributed by atoms with Crippen molar-refractivity contribution in [1.29, 1.82) is 0 Å². The molecular formula is C17H15Cl2N3O3. The van der Waals surface area contributed by atoms with E-state index in [4.69, 9.17) is 38.4 Å². The second kappa shape index (κ2) is 6.46. The molecule has 6 nitrogen and oxygen atoms in total. The molecule has 0 aliphatic carbocycles. The Morgan fingerprint density at radius 1 is 1.00 bits per heavy atom. The number of nitrogens with zero attached hydrogens (tertiary/aromatic N) is 1. The van der Waals surface area contributed by atoms with Crippen LogP contribution in [0.5, 0.6) is 11.5 Å². The number of aliphatic imine (C=N–C) groups is 1. The van der Waals surface area contributed by atoms with E-state index in [9.17, 15) is 4.79 Å². The van der Waals surface area contributed by atoms with Gasteiger partial charge in [-0.05, 0) is 36.4 Å². The van der Waals surface area contributed by atoms with Crippen LogP contribution in [-0.4, -0.2) is 26.1 Å². The molecule has 1 aliphatic heterocycles. The molecule has 130 valence electrons. The fourth-order valence-corrected chi connectivity index (χ4v) is 3.25. The molecule has 2 aromatic carbocycles. The summed E-state index contributed by atoms with van der Waals surface area (Å²) in [6, 6.07) is 9.87. The van der Waals surface area contributed by atoms with Gasteiger partial charge >= 0.3 is 0 Å². The first-order valence-corrected chi connectivity index (χ1v) is 8.02. The lowest BCUT2D eigenvalue weighted by Crippen LogP contribution is -2.40. The first-order chi connectivity index (χ1) is 11.9. The average Bonchev–Trinajstić information content (AvgIpc) is 2.89. The maximum atomic E-state index is 13.0. The second-order valence-electron chi connectivity index (χ2n) is 5.35. The molecule has 0 unspecified atom stereocenters. The van der Waals surface area contributed by atoms with E-state index in [1.165, 1.54) is 14.2 Å². The smallest absolute Gasteiger partial charge is 0.264 e. The summed E-state index contributed by atoms with van der Waals surface area (Å²) in [5, 5.41) is 3.38. The third kappa shape index (κ3) is 2.77. The highest BCUT2D eigenvalue weighted by atomic mass is 35.5. The van der Waals surface area contributed by atoms with E-state index in [0.29, 0.717) is 32.7 Å². The third-order valence-corrected chi connectivity index (χ3v) is 4.43. The largest absolute Gasteiger partial charge is 0.496 e. The van der Waals surface area contributed by atoms with Gasteiger partial charge in [-0.25, -0.2) is 4.99 Å². The van der Waals surface area contributed by atoms with Gasteiger partial charge in [0.05, 0.1) is 14.2 Å². The number of amides is 1. The lowest BCUT2D eigenvalue weighted by molar-refractivity contribution is -0.122. The highest BCUT2D eigenvalue weighted by Crippen LogP contribution is 2.46. The summed E-state index contributed by atoms with van der Waals surface area (Å²) in [4.78, 5) is 17.4. The number of nitrogens with one attached hydrogen (secondary N) is 1. The summed E-state index contributed by atoms with van der Waals surface area (Å²) in [6.07, 6.45) is 0. The van der Waals surface area contributed by atoms with Crippen LogP contribution in [-0.2, 0) is 10.3 Å². The van der Waals surface area contributed by atoms with Gasteiger partial charge in [0.25, 0.3) is 5.91 Å². The quantitative estimate of drug-likeness (QED) is 0.854. The molecule has 0 aromatic heterocycles. The number of rotatable bonds is 4. The third-order valence-electron chi connectivity index (χ3n) is 3.96. The summed E-state index contributed by atoms with van der Waals surface area (Å²) < 4.78 is 10.8. The highest BCUT2D eigenvalue weighted by molar-refractivity contribution is 6.31. The zero-order valence-electron chi connectivity index (χ0n) is 13.5. The normalized spacial score (nSPS) is 15.5. The van der Waals surface area contributed by atoms with E-state index in [-0.39, 0.29) is 5.96 Å². The first-order valence-electron chi connectivity index (χ1n) is 7.27. The Morgan fingerprint density at radius 3 is 1.84 bits per heavy atom. The minimum absolute atomic E-state index is 0.0194. The van der Waals surface area contributed by atoms with Crippen LogP contribution in [0.2, 0.25) is 10.0 Å². The van der Waals surface area contributed by atoms with Crippen LogP contribution in [0.15, 0.2) is 41.4 Å². The molecule has 1 aliphatic rings. The molecule has 1 heterocycles. The number of carbonyl (C=O) groups is 1. The Morgan fingerprint density at radius 2 is 1.48 bits per heavy atom. The van der Waals surface area contributed by atoms with Gasteiger partial charge < -0.3 is 15.2 Å². The predicted octanol–water partition coefficient (Wildman–Crippen LogP) is 2.70. The Balaban J connectivity index is 2.41. The van der Waals surface area contributed by atoms with Crippen molar-refractivity contribution in [1.82, 2.24) is 5.32 Å². The van der Waals surface area contributed by atoms with E-state index in [2.05, 4.69) is 10.3 Å². The summed E-state index contributed by atoms with van der Waals surface area (Å²) in [7, 11) is 2.99. The molecule has 25 heavy (non-hydrogen) atoms. The predicted molar refractivity (Wildman–Crippen MR) is 96.6 cm³/mol. The van der Waals surface area contributed by atoms with Gasteiger partial charge in [0, 0.05) is 21.2 Å². The number of nitrogens with two attached hydrogens (primary N) is 1. The fraction of sp³-hybridized carbons (Fsp3) is 0.176. The van der Waals surface area contributed by atoms with Gasteiger partial charge in [0.15, 0.2) is 5.96 Å². The van der Waals surface area contributed by atoms with Gasteiger partial charge in [-0.1, -0.05) is 23.2 Å². The van der Waals surface area contributed by atoms with E-state index in [0.717, 1.165) is 0 Å². The number of hydrogen-bond donors (Lipinski definition) is 2. The van der Waals surface area contributed by atoms with E-state index in [1.54, 1.807) is 36.4 Å². The van der Waals surface area contributed by atoms with E-state index in [1.807, 2.05) is 0 Å². The average molecular weight is 380 g/mol.